The zero-order chi connectivity index (χ0) is 13.1. The molecule has 1 atom stereocenters. The molecule has 4 heteroatoms. The summed E-state index contributed by atoms with van der Waals surface area (Å²) in [6.45, 7) is 11.7. The molecule has 1 fully saturated rings. The Labute approximate surface area is 105 Å². The molecule has 1 rings (SSSR count). The molecule has 0 spiro atoms. The molecule has 1 saturated heterocycles. The first-order valence-corrected chi connectivity index (χ1v) is 6.56. The van der Waals surface area contributed by atoms with E-state index >= 15 is 0 Å². The minimum atomic E-state index is 0.108. The summed E-state index contributed by atoms with van der Waals surface area (Å²) in [7, 11) is 0. The van der Waals surface area contributed by atoms with Crippen molar-refractivity contribution in [3.8, 4) is 0 Å². The largest absolute Gasteiger partial charge is 0.355 e. The first-order chi connectivity index (χ1) is 7.81. The molecule has 4 nitrogen and oxygen atoms in total. The van der Waals surface area contributed by atoms with Crippen molar-refractivity contribution in [1.29, 1.82) is 0 Å². The number of hydrogen-bond donors (Lipinski definition) is 2. The maximum atomic E-state index is 11.7. The summed E-state index contributed by atoms with van der Waals surface area (Å²) in [5.41, 5.74) is 6.18. The summed E-state index contributed by atoms with van der Waals surface area (Å²) in [5, 5.41) is 2.96. The van der Waals surface area contributed by atoms with Crippen molar-refractivity contribution in [2.24, 2.45) is 17.1 Å². The lowest BCUT2D eigenvalue weighted by atomic mass is 9.80. The maximum absolute atomic E-state index is 11.7. The summed E-state index contributed by atoms with van der Waals surface area (Å²) in [5.74, 6) is 0.634. The molecule has 0 saturated carbocycles. The molecule has 0 aromatic rings. The van der Waals surface area contributed by atoms with Gasteiger partial charge >= 0.3 is 0 Å². The number of piperidine rings is 1. The van der Waals surface area contributed by atoms with Gasteiger partial charge in [0.05, 0.1) is 6.54 Å². The van der Waals surface area contributed by atoms with Gasteiger partial charge in [0.15, 0.2) is 0 Å². The molecule has 1 aliphatic heterocycles. The van der Waals surface area contributed by atoms with Gasteiger partial charge in [-0.15, -0.1) is 0 Å². The quantitative estimate of drug-likeness (QED) is 0.766. The summed E-state index contributed by atoms with van der Waals surface area (Å²) >= 11 is 0. The van der Waals surface area contributed by atoms with Crippen molar-refractivity contribution < 1.29 is 4.79 Å². The molecule has 3 N–H and O–H groups in total. The smallest absolute Gasteiger partial charge is 0.234 e. The number of hydrogen-bond acceptors (Lipinski definition) is 3. The van der Waals surface area contributed by atoms with E-state index in [0.29, 0.717) is 12.5 Å². The van der Waals surface area contributed by atoms with E-state index in [1.165, 1.54) is 0 Å². The molecule has 1 unspecified atom stereocenters. The lowest BCUT2D eigenvalue weighted by Crippen LogP contribution is -2.54. The Morgan fingerprint density at radius 3 is 2.71 bits per heavy atom. The number of nitrogens with zero attached hydrogens (tertiary/aromatic N) is 1. The van der Waals surface area contributed by atoms with Crippen LogP contribution < -0.4 is 11.1 Å². The molecular formula is C13H27N3O. The summed E-state index contributed by atoms with van der Waals surface area (Å²) in [4.78, 5) is 13.9. The monoisotopic (exact) mass is 241 g/mol. The van der Waals surface area contributed by atoms with E-state index in [9.17, 15) is 4.79 Å². The van der Waals surface area contributed by atoms with Crippen LogP contribution in [0.1, 0.15) is 34.1 Å². The van der Waals surface area contributed by atoms with Gasteiger partial charge in [0.2, 0.25) is 5.91 Å². The third-order valence-electron chi connectivity index (χ3n) is 3.47. The average molecular weight is 241 g/mol. The molecule has 0 bridgehead atoms. The van der Waals surface area contributed by atoms with E-state index < -0.39 is 0 Å². The van der Waals surface area contributed by atoms with E-state index in [1.807, 2.05) is 0 Å². The van der Waals surface area contributed by atoms with E-state index in [0.717, 1.165) is 26.1 Å². The Hall–Kier alpha value is -0.610. The first-order valence-electron chi connectivity index (χ1n) is 6.56. The van der Waals surface area contributed by atoms with E-state index in [-0.39, 0.29) is 17.4 Å². The third-order valence-corrected chi connectivity index (χ3v) is 3.47. The van der Waals surface area contributed by atoms with Gasteiger partial charge in [-0.25, -0.2) is 0 Å². The van der Waals surface area contributed by atoms with Crippen molar-refractivity contribution in [3.63, 3.8) is 0 Å². The van der Waals surface area contributed by atoms with Gasteiger partial charge in [-0.05, 0) is 17.8 Å². The first kappa shape index (κ1) is 14.5. The number of rotatable bonds is 4. The van der Waals surface area contributed by atoms with Crippen molar-refractivity contribution in [1.82, 2.24) is 10.2 Å². The molecule has 1 amide bonds. The Kier molecular flexibility index (Phi) is 4.95. The zero-order valence-electron chi connectivity index (χ0n) is 11.6. The Morgan fingerprint density at radius 2 is 2.18 bits per heavy atom. The van der Waals surface area contributed by atoms with Crippen molar-refractivity contribution >= 4 is 5.91 Å². The molecule has 0 aliphatic carbocycles. The van der Waals surface area contributed by atoms with Gasteiger partial charge in [0.25, 0.3) is 0 Å². The van der Waals surface area contributed by atoms with Gasteiger partial charge in [-0.2, -0.15) is 0 Å². The molecule has 100 valence electrons. The Balaban J connectivity index is 2.35. The number of carbonyl (C=O) groups is 1. The van der Waals surface area contributed by atoms with Gasteiger partial charge in [-0.3, -0.25) is 9.69 Å². The fourth-order valence-corrected chi connectivity index (χ4v) is 2.20. The second-order valence-electron chi connectivity index (χ2n) is 6.29. The van der Waals surface area contributed by atoms with Crippen LogP contribution in [0.4, 0.5) is 0 Å². The predicted octanol–water partition coefficient (Wildman–Crippen LogP) is 0.818. The van der Waals surface area contributed by atoms with Crippen LogP contribution in [0.15, 0.2) is 0 Å². The Morgan fingerprint density at radius 1 is 1.53 bits per heavy atom. The van der Waals surface area contributed by atoms with Crippen molar-refractivity contribution in [2.75, 3.05) is 26.2 Å². The maximum Gasteiger partial charge on any atom is 0.234 e. The van der Waals surface area contributed by atoms with Gasteiger partial charge in [-0.1, -0.05) is 27.7 Å². The fraction of sp³-hybridized carbons (Fsp3) is 0.923. The predicted molar refractivity (Wildman–Crippen MR) is 70.7 cm³/mol. The average Bonchev–Trinajstić information content (AvgIpc) is 2.20. The van der Waals surface area contributed by atoms with Crippen molar-refractivity contribution in [2.45, 2.75) is 40.2 Å². The molecule has 1 aliphatic rings. The molecule has 17 heavy (non-hydrogen) atoms. The summed E-state index contributed by atoms with van der Waals surface area (Å²) in [6.07, 6.45) is 0.977. The van der Waals surface area contributed by atoms with Gasteiger partial charge in [0.1, 0.15) is 0 Å². The fourth-order valence-electron chi connectivity index (χ4n) is 2.20. The number of nitrogens with two attached hydrogens (primary N) is 1. The van der Waals surface area contributed by atoms with Gasteiger partial charge < -0.3 is 11.1 Å². The van der Waals surface area contributed by atoms with Gasteiger partial charge in [0, 0.05) is 25.7 Å². The molecule has 1 heterocycles. The topological polar surface area (TPSA) is 58.4 Å². The molecule has 0 aromatic carbocycles. The van der Waals surface area contributed by atoms with E-state index in [2.05, 4.69) is 37.9 Å². The van der Waals surface area contributed by atoms with Crippen LogP contribution in [0, 0.1) is 11.3 Å². The normalized spacial score (nSPS) is 24.9. The highest BCUT2D eigenvalue weighted by molar-refractivity contribution is 5.78. The summed E-state index contributed by atoms with van der Waals surface area (Å²) in [6, 6.07) is 0.248. The number of amides is 1. The SMILES string of the molecule is CC(C)CNC(=O)CN1CCC(N)C(C)(C)C1. The minimum absolute atomic E-state index is 0.108. The van der Waals surface area contributed by atoms with Crippen LogP contribution >= 0.6 is 0 Å². The van der Waals surface area contributed by atoms with Crippen molar-refractivity contribution in [3.05, 3.63) is 0 Å². The number of nitrogens with one attached hydrogen (secondary N) is 1. The Bertz CT molecular complexity index is 263. The van der Waals surface area contributed by atoms with Crippen LogP contribution in [0.2, 0.25) is 0 Å². The standard InChI is InChI=1S/C13H27N3O/c1-10(2)7-15-12(17)8-16-6-5-11(14)13(3,4)9-16/h10-11H,5-9,14H2,1-4H3,(H,15,17). The molecular weight excluding hydrogens is 214 g/mol. The highest BCUT2D eigenvalue weighted by Crippen LogP contribution is 2.27. The molecule has 0 radical (unpaired) electrons. The number of carbonyl (C=O) groups excluding carboxylic acids is 1. The van der Waals surface area contributed by atoms with Crippen LogP contribution in [-0.4, -0.2) is 43.0 Å². The van der Waals surface area contributed by atoms with Crippen LogP contribution in [0.3, 0.4) is 0 Å². The zero-order valence-corrected chi connectivity index (χ0v) is 11.6. The third kappa shape index (κ3) is 4.64. The lowest BCUT2D eigenvalue weighted by molar-refractivity contribution is -0.123. The van der Waals surface area contributed by atoms with Crippen LogP contribution in [0.5, 0.6) is 0 Å². The second kappa shape index (κ2) is 5.83. The van der Waals surface area contributed by atoms with Crippen LogP contribution in [0.25, 0.3) is 0 Å². The highest BCUT2D eigenvalue weighted by atomic mass is 16.2. The van der Waals surface area contributed by atoms with Crippen LogP contribution in [-0.2, 0) is 4.79 Å². The highest BCUT2D eigenvalue weighted by Gasteiger charge is 2.33. The second-order valence-corrected chi connectivity index (χ2v) is 6.29. The molecule has 0 aromatic heterocycles. The number of likely N-dealkylation sites (tertiary alicyclic amines) is 1. The van der Waals surface area contributed by atoms with E-state index in [1.54, 1.807) is 0 Å². The summed E-state index contributed by atoms with van der Waals surface area (Å²) < 4.78 is 0. The minimum Gasteiger partial charge on any atom is -0.355 e. The van der Waals surface area contributed by atoms with E-state index in [4.69, 9.17) is 5.73 Å². The lowest BCUT2D eigenvalue weighted by Gasteiger charge is -2.42.